The maximum absolute atomic E-state index is 4.27. The van der Waals surface area contributed by atoms with Gasteiger partial charge in [-0.1, -0.05) is 0 Å². The number of hydrogen-bond acceptors (Lipinski definition) is 4. The molecule has 84 valence electrons. The van der Waals surface area contributed by atoms with Gasteiger partial charge in [0, 0.05) is 38.6 Å². The minimum Gasteiger partial charge on any atom is -0.370 e. The molecule has 0 fully saturated rings. The maximum atomic E-state index is 4.27. The zero-order chi connectivity index (χ0) is 11.4. The van der Waals surface area contributed by atoms with E-state index in [0.29, 0.717) is 0 Å². The molecule has 0 aliphatic carbocycles. The van der Waals surface area contributed by atoms with Crippen LogP contribution in [0, 0.1) is 6.92 Å². The normalized spacial score (nSPS) is 10.4. The Morgan fingerprint density at radius 1 is 1.31 bits per heavy atom. The quantitative estimate of drug-likeness (QED) is 0.835. The zero-order valence-corrected chi connectivity index (χ0v) is 9.51. The van der Waals surface area contributed by atoms with E-state index in [1.54, 1.807) is 6.20 Å². The van der Waals surface area contributed by atoms with Gasteiger partial charge in [0.1, 0.15) is 17.5 Å². The van der Waals surface area contributed by atoms with Crippen LogP contribution in [-0.4, -0.2) is 26.1 Å². The lowest BCUT2D eigenvalue weighted by molar-refractivity contribution is 0.788. The van der Waals surface area contributed by atoms with Gasteiger partial charge in [-0.2, -0.15) is 0 Å². The van der Waals surface area contributed by atoms with Gasteiger partial charge in [-0.05, 0) is 13.0 Å². The fraction of sp³-hybridized carbons (Fsp3) is 0.364. The summed E-state index contributed by atoms with van der Waals surface area (Å²) in [6.45, 7) is 2.70. The van der Waals surface area contributed by atoms with Crippen LogP contribution in [0.15, 0.2) is 24.7 Å². The molecule has 2 rings (SSSR count). The minimum atomic E-state index is 0.780. The van der Waals surface area contributed by atoms with Crippen LogP contribution in [0.25, 0.3) is 0 Å². The van der Waals surface area contributed by atoms with Crippen molar-refractivity contribution in [3.63, 3.8) is 0 Å². The van der Waals surface area contributed by atoms with Crippen LogP contribution < -0.4 is 5.32 Å². The van der Waals surface area contributed by atoms with E-state index < -0.39 is 0 Å². The molecule has 0 aromatic carbocycles. The van der Waals surface area contributed by atoms with E-state index in [0.717, 1.165) is 30.4 Å². The molecule has 0 amide bonds. The van der Waals surface area contributed by atoms with E-state index in [2.05, 4.69) is 20.3 Å². The van der Waals surface area contributed by atoms with E-state index >= 15 is 0 Å². The summed E-state index contributed by atoms with van der Waals surface area (Å²) < 4.78 is 2.02. The molecule has 0 radical (unpaired) electrons. The third kappa shape index (κ3) is 2.56. The number of nitrogens with one attached hydrogen (secondary N) is 1. The molecule has 5 nitrogen and oxygen atoms in total. The van der Waals surface area contributed by atoms with Crippen molar-refractivity contribution in [2.75, 3.05) is 11.9 Å². The fourth-order valence-corrected chi connectivity index (χ4v) is 1.49. The van der Waals surface area contributed by atoms with Gasteiger partial charge in [0.15, 0.2) is 0 Å². The van der Waals surface area contributed by atoms with Crippen molar-refractivity contribution >= 4 is 5.82 Å². The Morgan fingerprint density at radius 3 is 2.88 bits per heavy atom. The lowest BCUT2D eigenvalue weighted by Crippen LogP contribution is -2.09. The van der Waals surface area contributed by atoms with Gasteiger partial charge in [0.25, 0.3) is 0 Å². The van der Waals surface area contributed by atoms with Gasteiger partial charge in [0.05, 0.1) is 0 Å². The number of rotatable bonds is 4. The highest BCUT2D eigenvalue weighted by Gasteiger charge is 1.99. The summed E-state index contributed by atoms with van der Waals surface area (Å²) >= 11 is 0. The van der Waals surface area contributed by atoms with Gasteiger partial charge >= 0.3 is 0 Å². The molecule has 2 heterocycles. The second-order valence-corrected chi connectivity index (χ2v) is 3.62. The summed E-state index contributed by atoms with van der Waals surface area (Å²) in [5.41, 5.74) is 0. The Hall–Kier alpha value is -1.91. The lowest BCUT2D eigenvalue weighted by Gasteiger charge is -2.05. The van der Waals surface area contributed by atoms with Gasteiger partial charge in [-0.25, -0.2) is 15.0 Å². The van der Waals surface area contributed by atoms with Crippen LogP contribution in [0.1, 0.15) is 11.6 Å². The van der Waals surface area contributed by atoms with Crippen LogP contribution in [0.3, 0.4) is 0 Å². The van der Waals surface area contributed by atoms with E-state index in [9.17, 15) is 0 Å². The Morgan fingerprint density at radius 2 is 2.19 bits per heavy atom. The highest BCUT2D eigenvalue weighted by Crippen LogP contribution is 2.02. The first-order valence-corrected chi connectivity index (χ1v) is 5.25. The Labute approximate surface area is 94.6 Å². The SMILES string of the molecule is Cc1nccc(NCCc2nccn2C)n1. The van der Waals surface area contributed by atoms with Crippen LogP contribution in [0.4, 0.5) is 5.82 Å². The highest BCUT2D eigenvalue weighted by molar-refractivity contribution is 5.32. The lowest BCUT2D eigenvalue weighted by atomic mass is 10.4. The summed E-state index contributed by atoms with van der Waals surface area (Å²) in [6.07, 6.45) is 6.40. The average molecular weight is 217 g/mol. The Kier molecular flexibility index (Phi) is 3.14. The molecule has 0 aliphatic rings. The first-order chi connectivity index (χ1) is 7.75. The van der Waals surface area contributed by atoms with Crippen LogP contribution in [0.2, 0.25) is 0 Å². The van der Waals surface area contributed by atoms with Crippen LogP contribution >= 0.6 is 0 Å². The van der Waals surface area contributed by atoms with Crippen molar-refractivity contribution in [3.05, 3.63) is 36.3 Å². The van der Waals surface area contributed by atoms with E-state index in [4.69, 9.17) is 0 Å². The molecule has 0 atom stereocenters. The van der Waals surface area contributed by atoms with Gasteiger partial charge < -0.3 is 9.88 Å². The summed E-state index contributed by atoms with van der Waals surface area (Å²) in [4.78, 5) is 12.6. The Balaban J connectivity index is 1.87. The number of nitrogens with zero attached hydrogens (tertiary/aromatic N) is 4. The number of aromatic nitrogens is 4. The molecular formula is C11H15N5. The molecule has 5 heteroatoms. The van der Waals surface area contributed by atoms with E-state index in [-0.39, 0.29) is 0 Å². The van der Waals surface area contributed by atoms with Crippen molar-refractivity contribution in [3.8, 4) is 0 Å². The fourth-order valence-electron chi connectivity index (χ4n) is 1.49. The highest BCUT2D eigenvalue weighted by atomic mass is 15.1. The second kappa shape index (κ2) is 4.74. The summed E-state index contributed by atoms with van der Waals surface area (Å²) in [7, 11) is 2.00. The van der Waals surface area contributed by atoms with Gasteiger partial charge in [-0.15, -0.1) is 0 Å². The first kappa shape index (κ1) is 10.6. The van der Waals surface area contributed by atoms with Crippen molar-refractivity contribution in [1.82, 2.24) is 19.5 Å². The van der Waals surface area contributed by atoms with Gasteiger partial charge in [-0.3, -0.25) is 0 Å². The number of imidazole rings is 1. The predicted octanol–water partition coefficient (Wildman–Crippen LogP) is 1.17. The van der Waals surface area contributed by atoms with Crippen molar-refractivity contribution < 1.29 is 0 Å². The van der Waals surface area contributed by atoms with Crippen LogP contribution in [0.5, 0.6) is 0 Å². The number of hydrogen-bond donors (Lipinski definition) is 1. The Bertz CT molecular complexity index is 463. The first-order valence-electron chi connectivity index (χ1n) is 5.25. The molecule has 16 heavy (non-hydrogen) atoms. The molecule has 0 saturated carbocycles. The van der Waals surface area contributed by atoms with Crippen LogP contribution in [-0.2, 0) is 13.5 Å². The van der Waals surface area contributed by atoms with Crippen molar-refractivity contribution in [2.45, 2.75) is 13.3 Å². The molecular weight excluding hydrogens is 202 g/mol. The maximum Gasteiger partial charge on any atom is 0.129 e. The number of anilines is 1. The largest absolute Gasteiger partial charge is 0.370 e. The molecule has 2 aromatic rings. The topological polar surface area (TPSA) is 55.6 Å². The summed E-state index contributed by atoms with van der Waals surface area (Å²) in [5.74, 6) is 2.71. The molecule has 0 spiro atoms. The van der Waals surface area contributed by atoms with Crippen molar-refractivity contribution in [1.29, 1.82) is 0 Å². The summed E-state index contributed by atoms with van der Waals surface area (Å²) in [6, 6.07) is 1.87. The third-order valence-corrected chi connectivity index (χ3v) is 2.35. The minimum absolute atomic E-state index is 0.780. The monoisotopic (exact) mass is 217 g/mol. The second-order valence-electron chi connectivity index (χ2n) is 3.62. The third-order valence-electron chi connectivity index (χ3n) is 2.35. The van der Waals surface area contributed by atoms with E-state index in [1.807, 2.05) is 37.0 Å². The summed E-state index contributed by atoms with van der Waals surface area (Å²) in [5, 5.41) is 3.25. The smallest absolute Gasteiger partial charge is 0.129 e. The number of aryl methyl sites for hydroxylation is 2. The molecule has 0 unspecified atom stereocenters. The molecule has 0 bridgehead atoms. The zero-order valence-electron chi connectivity index (χ0n) is 9.51. The van der Waals surface area contributed by atoms with Gasteiger partial charge in [0.2, 0.25) is 0 Å². The van der Waals surface area contributed by atoms with Crippen molar-refractivity contribution in [2.24, 2.45) is 7.05 Å². The average Bonchev–Trinajstić information content (AvgIpc) is 2.65. The molecule has 0 saturated heterocycles. The molecule has 1 N–H and O–H groups in total. The standard InChI is InChI=1S/C11H15N5/c1-9-12-5-3-10(15-9)13-6-4-11-14-7-8-16(11)2/h3,5,7-8H,4,6H2,1-2H3,(H,12,13,15). The molecule has 0 aliphatic heterocycles. The van der Waals surface area contributed by atoms with E-state index in [1.165, 1.54) is 0 Å². The predicted molar refractivity (Wildman–Crippen MR) is 62.2 cm³/mol. The molecule has 2 aromatic heterocycles.